The zero-order chi connectivity index (χ0) is 17.1. The van der Waals surface area contributed by atoms with E-state index >= 15 is 0 Å². The number of carbonyl (C=O) groups is 1. The Kier molecular flexibility index (Phi) is 5.22. The van der Waals surface area contributed by atoms with Gasteiger partial charge in [-0.25, -0.2) is 0 Å². The Morgan fingerprint density at radius 1 is 0.920 bits per heavy atom. The molecule has 4 rings (SSSR count). The standard InChI is InChI=1S/C20H30N4O/c25-20-17-5-4-6-18(21-20)16-23(15-17)10-9-22-11-13-24(14-12-22)19-7-2-1-3-8-19/h1-3,7-8,17-18H,4-6,9-16H2,(H,21,25)/t17-,18+/m1/s1. The van der Waals surface area contributed by atoms with Crippen LogP contribution in [0.15, 0.2) is 30.3 Å². The quantitative estimate of drug-likeness (QED) is 0.898. The number of carbonyl (C=O) groups excluding carboxylic acids is 1. The zero-order valence-electron chi connectivity index (χ0n) is 15.1. The number of piperazine rings is 1. The highest BCUT2D eigenvalue weighted by atomic mass is 16.2. The summed E-state index contributed by atoms with van der Waals surface area (Å²) in [4.78, 5) is 19.7. The lowest BCUT2D eigenvalue weighted by Gasteiger charge is -2.37. The number of nitrogens with zero attached hydrogens (tertiary/aromatic N) is 3. The van der Waals surface area contributed by atoms with Crippen LogP contribution in [0.3, 0.4) is 0 Å². The summed E-state index contributed by atoms with van der Waals surface area (Å²) in [5.74, 6) is 0.504. The molecule has 2 atom stereocenters. The number of anilines is 1. The van der Waals surface area contributed by atoms with Gasteiger partial charge in [0.25, 0.3) is 0 Å². The number of fused-ring (bicyclic) bond motifs is 3. The molecule has 0 aliphatic carbocycles. The number of likely N-dealkylation sites (tertiary alicyclic amines) is 1. The predicted molar refractivity (Wildman–Crippen MR) is 101 cm³/mol. The van der Waals surface area contributed by atoms with Crippen molar-refractivity contribution in [1.29, 1.82) is 0 Å². The number of hydrogen-bond donors (Lipinski definition) is 1. The van der Waals surface area contributed by atoms with Gasteiger partial charge < -0.3 is 10.2 Å². The van der Waals surface area contributed by atoms with E-state index in [-0.39, 0.29) is 5.92 Å². The first-order valence-corrected chi connectivity index (χ1v) is 9.83. The van der Waals surface area contributed by atoms with Crippen LogP contribution < -0.4 is 10.2 Å². The first kappa shape index (κ1) is 16.9. The molecule has 5 heteroatoms. The van der Waals surface area contributed by atoms with Gasteiger partial charge in [0.1, 0.15) is 0 Å². The molecule has 1 amide bonds. The van der Waals surface area contributed by atoms with Gasteiger partial charge in [0.15, 0.2) is 0 Å². The number of nitrogens with one attached hydrogen (secondary N) is 1. The average Bonchev–Trinajstić information content (AvgIpc) is 2.90. The van der Waals surface area contributed by atoms with Gasteiger partial charge in [0, 0.05) is 64.1 Å². The molecule has 5 nitrogen and oxygen atoms in total. The molecule has 0 radical (unpaired) electrons. The Balaban J connectivity index is 1.25. The monoisotopic (exact) mass is 342 g/mol. The molecule has 3 aliphatic heterocycles. The van der Waals surface area contributed by atoms with Gasteiger partial charge in [-0.3, -0.25) is 14.6 Å². The lowest BCUT2D eigenvalue weighted by molar-refractivity contribution is -0.124. The molecule has 3 aliphatic rings. The van der Waals surface area contributed by atoms with Crippen LogP contribution in [0.25, 0.3) is 0 Å². The molecule has 0 spiro atoms. The molecule has 3 heterocycles. The lowest BCUT2D eigenvalue weighted by Crippen LogP contribution is -2.49. The molecule has 2 bridgehead atoms. The van der Waals surface area contributed by atoms with Gasteiger partial charge in [0.05, 0.1) is 5.92 Å². The van der Waals surface area contributed by atoms with Crippen LogP contribution in [-0.4, -0.2) is 74.1 Å². The van der Waals surface area contributed by atoms with Gasteiger partial charge in [-0.15, -0.1) is 0 Å². The van der Waals surface area contributed by atoms with E-state index in [1.54, 1.807) is 0 Å². The maximum Gasteiger partial charge on any atom is 0.224 e. The largest absolute Gasteiger partial charge is 0.369 e. The first-order valence-electron chi connectivity index (χ1n) is 9.83. The third kappa shape index (κ3) is 4.15. The number of hydrogen-bond acceptors (Lipinski definition) is 4. The van der Waals surface area contributed by atoms with Crippen LogP contribution in [0.2, 0.25) is 0 Å². The summed E-state index contributed by atoms with van der Waals surface area (Å²) in [6.07, 6.45) is 3.41. The summed E-state index contributed by atoms with van der Waals surface area (Å²) < 4.78 is 0. The first-order chi connectivity index (χ1) is 12.3. The molecule has 3 saturated heterocycles. The third-order valence-electron chi connectivity index (χ3n) is 6.01. The molecule has 1 aromatic carbocycles. The van der Waals surface area contributed by atoms with Gasteiger partial charge in [0.2, 0.25) is 5.91 Å². The number of benzene rings is 1. The van der Waals surface area contributed by atoms with Crippen molar-refractivity contribution in [3.8, 4) is 0 Å². The van der Waals surface area contributed by atoms with Crippen molar-refractivity contribution in [3.05, 3.63) is 30.3 Å². The van der Waals surface area contributed by atoms with Crippen LogP contribution in [0.5, 0.6) is 0 Å². The summed E-state index contributed by atoms with van der Waals surface area (Å²) in [5.41, 5.74) is 1.34. The van der Waals surface area contributed by atoms with Crippen LogP contribution in [0.1, 0.15) is 19.3 Å². The maximum absolute atomic E-state index is 12.2. The summed E-state index contributed by atoms with van der Waals surface area (Å²) >= 11 is 0. The molecule has 3 fully saturated rings. The van der Waals surface area contributed by atoms with Crippen molar-refractivity contribution in [2.45, 2.75) is 25.3 Å². The predicted octanol–water partition coefficient (Wildman–Crippen LogP) is 1.41. The van der Waals surface area contributed by atoms with E-state index in [9.17, 15) is 4.79 Å². The van der Waals surface area contributed by atoms with E-state index in [0.717, 1.165) is 65.2 Å². The summed E-state index contributed by atoms with van der Waals surface area (Å²) in [6.45, 7) is 8.67. The van der Waals surface area contributed by atoms with Crippen LogP contribution in [-0.2, 0) is 4.79 Å². The molecule has 0 saturated carbocycles. The topological polar surface area (TPSA) is 38.8 Å². The molecule has 0 unspecified atom stereocenters. The maximum atomic E-state index is 12.2. The fraction of sp³-hybridized carbons (Fsp3) is 0.650. The molecule has 0 aromatic heterocycles. The van der Waals surface area contributed by atoms with Gasteiger partial charge in [-0.2, -0.15) is 0 Å². The third-order valence-corrected chi connectivity index (χ3v) is 6.01. The SMILES string of the molecule is O=C1N[C@H]2CCC[C@@H]1CN(CCN1CCN(c3ccccc3)CC1)C2. The molecule has 25 heavy (non-hydrogen) atoms. The van der Waals surface area contributed by atoms with Crippen LogP contribution >= 0.6 is 0 Å². The fourth-order valence-corrected chi connectivity index (χ4v) is 4.48. The highest BCUT2D eigenvalue weighted by Crippen LogP contribution is 2.22. The summed E-state index contributed by atoms with van der Waals surface area (Å²) in [7, 11) is 0. The minimum absolute atomic E-state index is 0.211. The van der Waals surface area contributed by atoms with Crippen LogP contribution in [0.4, 0.5) is 5.69 Å². The Hall–Kier alpha value is -1.59. The molecule has 136 valence electrons. The Bertz CT molecular complexity index is 570. The lowest BCUT2D eigenvalue weighted by atomic mass is 9.99. The van der Waals surface area contributed by atoms with E-state index in [1.807, 2.05) is 0 Å². The number of para-hydroxylation sites is 1. The van der Waals surface area contributed by atoms with E-state index in [0.29, 0.717) is 11.9 Å². The second-order valence-corrected chi connectivity index (χ2v) is 7.76. The highest BCUT2D eigenvalue weighted by molar-refractivity contribution is 5.79. The molecule has 1 aromatic rings. The summed E-state index contributed by atoms with van der Waals surface area (Å²) in [6, 6.07) is 11.1. The average molecular weight is 342 g/mol. The Morgan fingerprint density at radius 2 is 1.68 bits per heavy atom. The van der Waals surface area contributed by atoms with Crippen LogP contribution in [0, 0.1) is 5.92 Å². The zero-order valence-corrected chi connectivity index (χ0v) is 15.1. The Labute approximate surface area is 151 Å². The number of amides is 1. The van der Waals surface area contributed by atoms with Crippen molar-refractivity contribution in [3.63, 3.8) is 0 Å². The second kappa shape index (κ2) is 7.75. The second-order valence-electron chi connectivity index (χ2n) is 7.76. The van der Waals surface area contributed by atoms with Gasteiger partial charge in [-0.05, 0) is 25.0 Å². The van der Waals surface area contributed by atoms with Gasteiger partial charge >= 0.3 is 0 Å². The van der Waals surface area contributed by atoms with E-state index in [4.69, 9.17) is 0 Å². The van der Waals surface area contributed by atoms with Crippen molar-refractivity contribution in [2.75, 3.05) is 57.3 Å². The van der Waals surface area contributed by atoms with Gasteiger partial charge in [-0.1, -0.05) is 24.6 Å². The minimum Gasteiger partial charge on any atom is -0.369 e. The smallest absolute Gasteiger partial charge is 0.224 e. The highest BCUT2D eigenvalue weighted by Gasteiger charge is 2.32. The molecule has 1 N–H and O–H groups in total. The van der Waals surface area contributed by atoms with E-state index < -0.39 is 0 Å². The van der Waals surface area contributed by atoms with Crippen molar-refractivity contribution in [1.82, 2.24) is 15.1 Å². The normalized spacial score (nSPS) is 28.5. The molecular formula is C20H30N4O. The molecular weight excluding hydrogens is 312 g/mol. The summed E-state index contributed by atoms with van der Waals surface area (Å²) in [5, 5.41) is 3.23. The van der Waals surface area contributed by atoms with Crippen molar-refractivity contribution in [2.24, 2.45) is 5.92 Å². The number of rotatable bonds is 4. The van der Waals surface area contributed by atoms with Crippen molar-refractivity contribution < 1.29 is 4.79 Å². The fourth-order valence-electron chi connectivity index (χ4n) is 4.48. The minimum atomic E-state index is 0.211. The van der Waals surface area contributed by atoms with E-state index in [2.05, 4.69) is 50.3 Å². The Morgan fingerprint density at radius 3 is 2.48 bits per heavy atom. The van der Waals surface area contributed by atoms with E-state index in [1.165, 1.54) is 12.1 Å². The van der Waals surface area contributed by atoms with Crippen molar-refractivity contribution >= 4 is 11.6 Å².